The van der Waals surface area contributed by atoms with Gasteiger partial charge in [0.25, 0.3) is 11.6 Å². The predicted molar refractivity (Wildman–Crippen MR) is 69.8 cm³/mol. The summed E-state index contributed by atoms with van der Waals surface area (Å²) in [5.74, 6) is -1.88. The minimum absolute atomic E-state index is 0.0553. The molecule has 1 amide bonds. The number of aliphatic carboxylic acids is 1. The molecule has 1 aliphatic carbocycles. The molecule has 0 atom stereocenters. The fourth-order valence-corrected chi connectivity index (χ4v) is 2.17. The highest BCUT2D eigenvalue weighted by Gasteiger charge is 2.37. The highest BCUT2D eigenvalue weighted by Crippen LogP contribution is 2.33. The van der Waals surface area contributed by atoms with Gasteiger partial charge in [0.15, 0.2) is 0 Å². The monoisotopic (exact) mass is 298 g/mol. The number of benzene rings is 1. The summed E-state index contributed by atoms with van der Waals surface area (Å²) in [7, 11) is 0. The summed E-state index contributed by atoms with van der Waals surface area (Å²) in [6, 6.07) is 3.73. The van der Waals surface area contributed by atoms with E-state index in [-0.39, 0.29) is 16.6 Å². The number of carboxylic acid groups (broad SMARTS) is 1. The van der Waals surface area contributed by atoms with Crippen LogP contribution < -0.4 is 0 Å². The van der Waals surface area contributed by atoms with E-state index < -0.39 is 29.0 Å². The molecule has 1 aliphatic rings. The Kier molecular flexibility index (Phi) is 3.89. The predicted octanol–water partition coefficient (Wildman–Crippen LogP) is 1.94. The molecule has 0 spiro atoms. The van der Waals surface area contributed by atoms with E-state index in [1.807, 2.05) is 0 Å². The fourth-order valence-electron chi connectivity index (χ4n) is 1.92. The number of nitro groups is 1. The average molecular weight is 299 g/mol. The van der Waals surface area contributed by atoms with Gasteiger partial charge in [0.1, 0.15) is 12.1 Å². The standard InChI is InChI=1S/C12H11ClN2O5/c13-8-2-1-3-9(15(19)20)11(8)12(18)14(6-10(16)17)7-4-5-7/h1-3,7H,4-6H2,(H,16,17). The van der Waals surface area contributed by atoms with E-state index >= 15 is 0 Å². The van der Waals surface area contributed by atoms with Crippen LogP contribution >= 0.6 is 11.6 Å². The zero-order chi connectivity index (χ0) is 14.9. The zero-order valence-corrected chi connectivity index (χ0v) is 11.0. The summed E-state index contributed by atoms with van der Waals surface area (Å²) >= 11 is 5.87. The van der Waals surface area contributed by atoms with Gasteiger partial charge in [-0.05, 0) is 18.9 Å². The van der Waals surface area contributed by atoms with Crippen LogP contribution in [0.5, 0.6) is 0 Å². The maximum Gasteiger partial charge on any atom is 0.323 e. The van der Waals surface area contributed by atoms with Crippen molar-refractivity contribution in [2.24, 2.45) is 0 Å². The number of nitro benzene ring substituents is 1. The van der Waals surface area contributed by atoms with Gasteiger partial charge >= 0.3 is 5.97 Å². The molecule has 1 N–H and O–H groups in total. The van der Waals surface area contributed by atoms with E-state index in [0.717, 1.165) is 4.90 Å². The molecule has 1 fully saturated rings. The second kappa shape index (κ2) is 5.46. The molecule has 0 saturated heterocycles. The summed E-state index contributed by atoms with van der Waals surface area (Å²) in [5, 5.41) is 19.8. The normalized spacial score (nSPS) is 13.8. The molecule has 7 nitrogen and oxygen atoms in total. The van der Waals surface area contributed by atoms with Crippen LogP contribution in [0.4, 0.5) is 5.69 Å². The smallest absolute Gasteiger partial charge is 0.323 e. The van der Waals surface area contributed by atoms with Gasteiger partial charge in [-0.3, -0.25) is 19.7 Å². The summed E-state index contributed by atoms with van der Waals surface area (Å²) in [5.41, 5.74) is -0.675. The van der Waals surface area contributed by atoms with Crippen LogP contribution in [0.1, 0.15) is 23.2 Å². The van der Waals surface area contributed by atoms with Gasteiger partial charge in [0.2, 0.25) is 0 Å². The summed E-state index contributed by atoms with van der Waals surface area (Å²) in [6.07, 6.45) is 1.38. The van der Waals surface area contributed by atoms with Crippen LogP contribution in [0.3, 0.4) is 0 Å². The van der Waals surface area contributed by atoms with Crippen LogP contribution in [-0.4, -0.2) is 39.4 Å². The topological polar surface area (TPSA) is 101 Å². The van der Waals surface area contributed by atoms with Gasteiger partial charge in [-0.15, -0.1) is 0 Å². The van der Waals surface area contributed by atoms with Crippen LogP contribution in [0.2, 0.25) is 5.02 Å². The third kappa shape index (κ3) is 2.88. The third-order valence-electron chi connectivity index (χ3n) is 2.96. The van der Waals surface area contributed by atoms with Crippen molar-refractivity contribution >= 4 is 29.2 Å². The molecule has 0 aliphatic heterocycles. The molecule has 0 unspecified atom stereocenters. The van der Waals surface area contributed by atoms with E-state index in [0.29, 0.717) is 12.8 Å². The number of nitrogens with zero attached hydrogens (tertiary/aromatic N) is 2. The van der Waals surface area contributed by atoms with Gasteiger partial charge < -0.3 is 10.0 Å². The average Bonchev–Trinajstić information content (AvgIpc) is 3.18. The molecule has 8 heteroatoms. The molecular weight excluding hydrogens is 288 g/mol. The molecule has 1 saturated carbocycles. The van der Waals surface area contributed by atoms with Crippen molar-refractivity contribution in [1.82, 2.24) is 4.90 Å². The molecule has 0 bridgehead atoms. The summed E-state index contributed by atoms with van der Waals surface area (Å²) in [4.78, 5) is 34.6. The van der Waals surface area contributed by atoms with Crippen LogP contribution in [-0.2, 0) is 4.79 Å². The first-order chi connectivity index (χ1) is 9.41. The van der Waals surface area contributed by atoms with Crippen molar-refractivity contribution in [3.8, 4) is 0 Å². The number of amides is 1. The highest BCUT2D eigenvalue weighted by atomic mass is 35.5. The van der Waals surface area contributed by atoms with E-state index in [1.54, 1.807) is 0 Å². The molecule has 0 radical (unpaired) electrons. The van der Waals surface area contributed by atoms with Crippen molar-refractivity contribution in [3.63, 3.8) is 0 Å². The lowest BCUT2D eigenvalue weighted by Crippen LogP contribution is -2.37. The van der Waals surface area contributed by atoms with Crippen molar-refractivity contribution < 1.29 is 19.6 Å². The van der Waals surface area contributed by atoms with Gasteiger partial charge in [0.05, 0.1) is 9.95 Å². The van der Waals surface area contributed by atoms with E-state index in [9.17, 15) is 19.7 Å². The second-order valence-corrected chi connectivity index (χ2v) is 4.86. The van der Waals surface area contributed by atoms with Gasteiger partial charge in [0, 0.05) is 12.1 Å². The van der Waals surface area contributed by atoms with E-state index in [2.05, 4.69) is 0 Å². The first kappa shape index (κ1) is 14.3. The van der Waals surface area contributed by atoms with Crippen molar-refractivity contribution in [2.75, 3.05) is 6.54 Å². The first-order valence-electron chi connectivity index (χ1n) is 5.87. The van der Waals surface area contributed by atoms with Crippen LogP contribution in [0.15, 0.2) is 18.2 Å². The number of rotatable bonds is 5. The SMILES string of the molecule is O=C(O)CN(C(=O)c1c(Cl)cccc1[N+](=O)[O-])C1CC1. The molecule has 0 aromatic heterocycles. The lowest BCUT2D eigenvalue weighted by molar-refractivity contribution is -0.385. The molecule has 1 aromatic rings. The van der Waals surface area contributed by atoms with Gasteiger partial charge in [-0.1, -0.05) is 17.7 Å². The van der Waals surface area contributed by atoms with Gasteiger partial charge in [-0.2, -0.15) is 0 Å². The molecular formula is C12H11ClN2O5. The van der Waals surface area contributed by atoms with E-state index in [4.69, 9.17) is 16.7 Å². The van der Waals surface area contributed by atoms with Crippen molar-refractivity contribution in [2.45, 2.75) is 18.9 Å². The molecule has 20 heavy (non-hydrogen) atoms. The second-order valence-electron chi connectivity index (χ2n) is 4.45. The maximum absolute atomic E-state index is 12.4. The van der Waals surface area contributed by atoms with Crippen LogP contribution in [0.25, 0.3) is 0 Å². The lowest BCUT2D eigenvalue weighted by atomic mass is 10.1. The molecule has 106 valence electrons. The summed E-state index contributed by atoms with van der Waals surface area (Å²) < 4.78 is 0. The Morgan fingerprint density at radius 3 is 2.60 bits per heavy atom. The summed E-state index contributed by atoms with van der Waals surface area (Å²) in [6.45, 7) is -0.494. The van der Waals surface area contributed by atoms with Gasteiger partial charge in [-0.25, -0.2) is 0 Å². The number of hydrogen-bond acceptors (Lipinski definition) is 4. The highest BCUT2D eigenvalue weighted by molar-refractivity contribution is 6.34. The first-order valence-corrected chi connectivity index (χ1v) is 6.25. The largest absolute Gasteiger partial charge is 0.480 e. The molecule has 0 heterocycles. The maximum atomic E-state index is 12.4. The molecule has 1 aromatic carbocycles. The van der Waals surface area contributed by atoms with Crippen molar-refractivity contribution in [3.05, 3.63) is 38.9 Å². The fraction of sp³-hybridized carbons (Fsp3) is 0.333. The number of halogens is 1. The lowest BCUT2D eigenvalue weighted by Gasteiger charge is -2.20. The Morgan fingerprint density at radius 2 is 2.10 bits per heavy atom. The number of carbonyl (C=O) groups excluding carboxylic acids is 1. The third-order valence-corrected chi connectivity index (χ3v) is 3.27. The Morgan fingerprint density at radius 1 is 1.45 bits per heavy atom. The Bertz CT molecular complexity index is 585. The zero-order valence-electron chi connectivity index (χ0n) is 10.3. The van der Waals surface area contributed by atoms with E-state index in [1.165, 1.54) is 18.2 Å². The quantitative estimate of drug-likeness (QED) is 0.661. The van der Waals surface area contributed by atoms with Crippen LogP contribution in [0, 0.1) is 10.1 Å². The van der Waals surface area contributed by atoms with Crippen molar-refractivity contribution in [1.29, 1.82) is 0 Å². The Balaban J connectivity index is 2.41. The minimum Gasteiger partial charge on any atom is -0.480 e. The Labute approximate surface area is 118 Å². The molecule has 2 rings (SSSR count). The number of carboxylic acids is 1. The minimum atomic E-state index is -1.17. The number of carbonyl (C=O) groups is 2. The number of hydrogen-bond donors (Lipinski definition) is 1. The Hall–Kier alpha value is -2.15.